The predicted octanol–water partition coefficient (Wildman–Crippen LogP) is 3.92. The quantitative estimate of drug-likeness (QED) is 0.590. The molecular formula is C17H28ClN5O. The van der Waals surface area contributed by atoms with Crippen molar-refractivity contribution >= 4 is 29.3 Å². The van der Waals surface area contributed by atoms with Gasteiger partial charge in [-0.2, -0.15) is 4.98 Å². The lowest BCUT2D eigenvalue weighted by Gasteiger charge is -2.22. The second-order valence-electron chi connectivity index (χ2n) is 5.71. The molecule has 1 rings (SSSR count). The maximum atomic E-state index is 12.0. The molecule has 1 aromatic rings. The third-order valence-corrected chi connectivity index (χ3v) is 3.55. The topological polar surface area (TPSA) is 70.2 Å². The zero-order valence-electron chi connectivity index (χ0n) is 14.9. The number of carbonyl (C=O) groups excluding carboxylic acids is 1. The van der Waals surface area contributed by atoms with E-state index in [-0.39, 0.29) is 5.91 Å². The van der Waals surface area contributed by atoms with Crippen molar-refractivity contribution in [2.45, 2.75) is 46.5 Å². The number of halogens is 1. The number of amides is 1. The SMILES string of the molecule is C=C(C)Nc1ncc(Cl)c(NCCCN(CCC)C(=O)CCC)n1. The summed E-state index contributed by atoms with van der Waals surface area (Å²) in [5.74, 6) is 1.27. The first-order valence-corrected chi connectivity index (χ1v) is 8.82. The minimum atomic E-state index is 0.229. The largest absolute Gasteiger partial charge is 0.369 e. The highest BCUT2D eigenvalue weighted by Crippen LogP contribution is 2.19. The van der Waals surface area contributed by atoms with Crippen LogP contribution in [0.25, 0.3) is 0 Å². The minimum Gasteiger partial charge on any atom is -0.369 e. The summed E-state index contributed by atoms with van der Waals surface area (Å²) in [4.78, 5) is 22.4. The number of hydrogen-bond donors (Lipinski definition) is 2. The lowest BCUT2D eigenvalue weighted by Crippen LogP contribution is -2.33. The highest BCUT2D eigenvalue weighted by molar-refractivity contribution is 6.32. The van der Waals surface area contributed by atoms with Crippen LogP contribution in [0.2, 0.25) is 5.02 Å². The average Bonchev–Trinajstić information content (AvgIpc) is 2.52. The van der Waals surface area contributed by atoms with Gasteiger partial charge in [0.25, 0.3) is 0 Å². The molecule has 0 bridgehead atoms. The van der Waals surface area contributed by atoms with Gasteiger partial charge in [-0.15, -0.1) is 0 Å². The monoisotopic (exact) mass is 353 g/mol. The molecule has 1 heterocycles. The fraction of sp³-hybridized carbons (Fsp3) is 0.588. The molecule has 24 heavy (non-hydrogen) atoms. The molecule has 0 aromatic carbocycles. The van der Waals surface area contributed by atoms with E-state index in [1.165, 1.54) is 0 Å². The number of allylic oxidation sites excluding steroid dienone is 1. The summed E-state index contributed by atoms with van der Waals surface area (Å²) in [6.45, 7) is 11.9. The first kappa shape index (κ1) is 20.2. The van der Waals surface area contributed by atoms with Gasteiger partial charge in [0.1, 0.15) is 10.8 Å². The van der Waals surface area contributed by atoms with E-state index in [0.29, 0.717) is 29.8 Å². The van der Waals surface area contributed by atoms with E-state index in [1.807, 2.05) is 18.7 Å². The maximum Gasteiger partial charge on any atom is 0.228 e. The summed E-state index contributed by atoms with van der Waals surface area (Å²) in [5.41, 5.74) is 0.757. The standard InChI is InChI=1S/C17H28ClN5O/c1-5-8-15(24)23(10-6-2)11-7-9-19-16-14(18)12-20-17(22-16)21-13(3)4/h12H,3,5-11H2,1-2,4H3,(H2,19,20,21,22). The van der Waals surface area contributed by atoms with Crippen LogP contribution in [-0.4, -0.2) is 40.4 Å². The van der Waals surface area contributed by atoms with Gasteiger partial charge < -0.3 is 15.5 Å². The van der Waals surface area contributed by atoms with Crippen LogP contribution >= 0.6 is 11.6 Å². The van der Waals surface area contributed by atoms with E-state index in [4.69, 9.17) is 11.6 Å². The van der Waals surface area contributed by atoms with E-state index >= 15 is 0 Å². The number of nitrogens with one attached hydrogen (secondary N) is 2. The maximum absolute atomic E-state index is 12.0. The van der Waals surface area contributed by atoms with Crippen molar-refractivity contribution < 1.29 is 4.79 Å². The predicted molar refractivity (Wildman–Crippen MR) is 100 cm³/mol. The molecule has 134 valence electrons. The summed E-state index contributed by atoms with van der Waals surface area (Å²) in [7, 11) is 0. The Bertz CT molecular complexity index is 550. The molecule has 0 spiro atoms. The van der Waals surface area contributed by atoms with E-state index in [2.05, 4.69) is 34.1 Å². The molecule has 6 nitrogen and oxygen atoms in total. The number of rotatable bonds is 11. The average molecular weight is 354 g/mol. The molecule has 0 saturated carbocycles. The first-order chi connectivity index (χ1) is 11.5. The second kappa shape index (κ2) is 10.9. The van der Waals surface area contributed by atoms with Crippen LogP contribution in [0.3, 0.4) is 0 Å². The van der Waals surface area contributed by atoms with Crippen LogP contribution < -0.4 is 10.6 Å². The molecule has 0 aliphatic carbocycles. The van der Waals surface area contributed by atoms with Gasteiger partial charge in [0, 0.05) is 31.8 Å². The number of hydrogen-bond acceptors (Lipinski definition) is 5. The normalized spacial score (nSPS) is 10.3. The van der Waals surface area contributed by atoms with Gasteiger partial charge in [-0.25, -0.2) is 4.98 Å². The van der Waals surface area contributed by atoms with Crippen molar-refractivity contribution in [2.75, 3.05) is 30.3 Å². The summed E-state index contributed by atoms with van der Waals surface area (Å²) in [6.07, 6.45) is 4.85. The van der Waals surface area contributed by atoms with Gasteiger partial charge in [-0.3, -0.25) is 4.79 Å². The Morgan fingerprint density at radius 2 is 2.08 bits per heavy atom. The van der Waals surface area contributed by atoms with E-state index < -0.39 is 0 Å². The molecule has 0 saturated heterocycles. The number of carbonyl (C=O) groups is 1. The summed E-state index contributed by atoms with van der Waals surface area (Å²) < 4.78 is 0. The van der Waals surface area contributed by atoms with Crippen LogP contribution in [0.4, 0.5) is 11.8 Å². The number of aromatic nitrogens is 2. The Morgan fingerprint density at radius 1 is 1.33 bits per heavy atom. The lowest BCUT2D eigenvalue weighted by molar-refractivity contribution is -0.131. The fourth-order valence-corrected chi connectivity index (χ4v) is 2.38. The van der Waals surface area contributed by atoms with Gasteiger partial charge in [0.2, 0.25) is 11.9 Å². The Labute approximate surface area is 149 Å². The Hall–Kier alpha value is -1.82. The van der Waals surface area contributed by atoms with Crippen molar-refractivity contribution in [1.29, 1.82) is 0 Å². The van der Waals surface area contributed by atoms with Crippen LogP contribution in [0, 0.1) is 0 Å². The van der Waals surface area contributed by atoms with Crippen molar-refractivity contribution in [3.8, 4) is 0 Å². The van der Waals surface area contributed by atoms with Crippen molar-refractivity contribution in [1.82, 2.24) is 14.9 Å². The van der Waals surface area contributed by atoms with E-state index in [1.54, 1.807) is 6.20 Å². The molecule has 1 amide bonds. The first-order valence-electron chi connectivity index (χ1n) is 8.44. The highest BCUT2D eigenvalue weighted by atomic mass is 35.5. The van der Waals surface area contributed by atoms with Gasteiger partial charge in [0.05, 0.1) is 6.20 Å². The number of nitrogens with zero attached hydrogens (tertiary/aromatic N) is 3. The van der Waals surface area contributed by atoms with Crippen LogP contribution in [0.5, 0.6) is 0 Å². The van der Waals surface area contributed by atoms with Crippen LogP contribution in [0.1, 0.15) is 46.5 Å². The lowest BCUT2D eigenvalue weighted by atomic mass is 10.2. The molecule has 0 unspecified atom stereocenters. The Balaban J connectivity index is 2.51. The summed E-state index contributed by atoms with van der Waals surface area (Å²) in [5, 5.41) is 6.63. The minimum absolute atomic E-state index is 0.229. The zero-order valence-corrected chi connectivity index (χ0v) is 15.6. The zero-order chi connectivity index (χ0) is 17.9. The van der Waals surface area contributed by atoms with Crippen LogP contribution in [0.15, 0.2) is 18.5 Å². The highest BCUT2D eigenvalue weighted by Gasteiger charge is 2.11. The third kappa shape index (κ3) is 7.17. The molecule has 2 N–H and O–H groups in total. The molecule has 0 aliphatic rings. The molecule has 0 fully saturated rings. The smallest absolute Gasteiger partial charge is 0.228 e. The fourth-order valence-electron chi connectivity index (χ4n) is 2.22. The molecule has 0 atom stereocenters. The van der Waals surface area contributed by atoms with Crippen molar-refractivity contribution in [3.63, 3.8) is 0 Å². The van der Waals surface area contributed by atoms with Gasteiger partial charge in [0.15, 0.2) is 0 Å². The second-order valence-corrected chi connectivity index (χ2v) is 6.11. The molecule has 0 radical (unpaired) electrons. The third-order valence-electron chi connectivity index (χ3n) is 3.28. The van der Waals surface area contributed by atoms with Gasteiger partial charge in [-0.1, -0.05) is 32.0 Å². The Morgan fingerprint density at radius 3 is 2.71 bits per heavy atom. The summed E-state index contributed by atoms with van der Waals surface area (Å²) in [6, 6.07) is 0. The Kier molecular flexibility index (Phi) is 9.15. The van der Waals surface area contributed by atoms with Gasteiger partial charge in [-0.05, 0) is 26.2 Å². The van der Waals surface area contributed by atoms with Gasteiger partial charge >= 0.3 is 0 Å². The number of anilines is 2. The van der Waals surface area contributed by atoms with Crippen molar-refractivity contribution in [2.24, 2.45) is 0 Å². The molecule has 0 aliphatic heterocycles. The van der Waals surface area contributed by atoms with E-state index in [0.717, 1.165) is 38.0 Å². The molecule has 7 heteroatoms. The van der Waals surface area contributed by atoms with E-state index in [9.17, 15) is 4.79 Å². The van der Waals surface area contributed by atoms with Crippen LogP contribution in [-0.2, 0) is 4.79 Å². The molecular weight excluding hydrogens is 326 g/mol. The summed E-state index contributed by atoms with van der Waals surface area (Å²) >= 11 is 6.11. The molecule has 1 aromatic heterocycles. The van der Waals surface area contributed by atoms with Crippen molar-refractivity contribution in [3.05, 3.63) is 23.5 Å².